The summed E-state index contributed by atoms with van der Waals surface area (Å²) in [5, 5.41) is 9.20. The van der Waals surface area contributed by atoms with Crippen molar-refractivity contribution in [3.63, 3.8) is 0 Å². The van der Waals surface area contributed by atoms with E-state index in [9.17, 15) is 5.26 Å². The normalized spacial score (nSPS) is 14.7. The fraction of sp³-hybridized carbons (Fsp3) is 0.267. The monoisotopic (exact) mass is 238 g/mol. The van der Waals surface area contributed by atoms with Crippen LogP contribution in [-0.2, 0) is 0 Å². The average molecular weight is 238 g/mol. The van der Waals surface area contributed by atoms with E-state index in [2.05, 4.69) is 11.0 Å². The lowest BCUT2D eigenvalue weighted by atomic mass is 10.1. The van der Waals surface area contributed by atoms with Crippen molar-refractivity contribution in [2.45, 2.75) is 12.8 Å². The van der Waals surface area contributed by atoms with Gasteiger partial charge >= 0.3 is 0 Å². The lowest BCUT2D eigenvalue weighted by Gasteiger charge is -2.13. The molecule has 0 aliphatic carbocycles. The molecule has 1 aliphatic heterocycles. The number of nitrogens with zero attached hydrogens (tertiary/aromatic N) is 2. The Hall–Kier alpha value is -2.21. The number of anilines is 1. The first kappa shape index (κ1) is 10.9. The highest BCUT2D eigenvalue weighted by molar-refractivity contribution is 5.66. The van der Waals surface area contributed by atoms with E-state index >= 15 is 0 Å². The van der Waals surface area contributed by atoms with Crippen molar-refractivity contribution in [3.8, 4) is 17.4 Å². The molecular formula is C15H14N2O. The van der Waals surface area contributed by atoms with Crippen molar-refractivity contribution in [3.05, 3.63) is 42.0 Å². The van der Waals surface area contributed by atoms with Crippen molar-refractivity contribution in [2.24, 2.45) is 0 Å². The van der Waals surface area contributed by atoms with Gasteiger partial charge in [-0.05, 0) is 12.8 Å². The standard InChI is InChI=1S/C15H14N2O/c16-11-13-10-14(12-6-2-1-3-7-12)18-15(13)17-8-4-5-9-17/h1-3,6-7,10H,4-5,8-9H2. The fourth-order valence-electron chi connectivity index (χ4n) is 2.36. The topological polar surface area (TPSA) is 40.2 Å². The number of furan rings is 1. The predicted octanol–water partition coefficient (Wildman–Crippen LogP) is 3.42. The molecule has 2 aromatic rings. The van der Waals surface area contributed by atoms with Gasteiger partial charge < -0.3 is 9.32 Å². The molecule has 1 aliphatic rings. The van der Waals surface area contributed by atoms with Gasteiger partial charge in [0.25, 0.3) is 0 Å². The number of hydrogen-bond acceptors (Lipinski definition) is 3. The number of rotatable bonds is 2. The summed E-state index contributed by atoms with van der Waals surface area (Å²) in [5.74, 6) is 1.50. The van der Waals surface area contributed by atoms with Crippen LogP contribution in [0.25, 0.3) is 11.3 Å². The Kier molecular flexibility index (Phi) is 2.77. The molecule has 1 saturated heterocycles. The first-order valence-electron chi connectivity index (χ1n) is 6.23. The lowest BCUT2D eigenvalue weighted by molar-refractivity contribution is 0.569. The number of hydrogen-bond donors (Lipinski definition) is 0. The van der Waals surface area contributed by atoms with E-state index in [0.29, 0.717) is 5.56 Å². The number of benzene rings is 1. The van der Waals surface area contributed by atoms with E-state index in [1.807, 2.05) is 36.4 Å². The van der Waals surface area contributed by atoms with E-state index in [1.165, 1.54) is 12.8 Å². The summed E-state index contributed by atoms with van der Waals surface area (Å²) in [4.78, 5) is 2.16. The molecule has 1 fully saturated rings. The van der Waals surface area contributed by atoms with Crippen LogP contribution in [0.15, 0.2) is 40.8 Å². The molecule has 3 nitrogen and oxygen atoms in total. The molecular weight excluding hydrogens is 224 g/mol. The Bertz CT molecular complexity index is 574. The molecule has 0 unspecified atom stereocenters. The van der Waals surface area contributed by atoms with E-state index < -0.39 is 0 Å². The Morgan fingerprint density at radius 1 is 1.11 bits per heavy atom. The van der Waals surface area contributed by atoms with E-state index in [0.717, 1.165) is 30.3 Å². The zero-order valence-electron chi connectivity index (χ0n) is 10.1. The van der Waals surface area contributed by atoms with Gasteiger partial charge in [-0.15, -0.1) is 0 Å². The molecule has 0 atom stereocenters. The summed E-state index contributed by atoms with van der Waals surface area (Å²) in [6.07, 6.45) is 2.35. The van der Waals surface area contributed by atoms with E-state index in [-0.39, 0.29) is 0 Å². The maximum absolute atomic E-state index is 9.20. The van der Waals surface area contributed by atoms with Crippen LogP contribution in [0.5, 0.6) is 0 Å². The molecule has 1 aromatic heterocycles. The molecule has 0 bridgehead atoms. The van der Waals surface area contributed by atoms with Gasteiger partial charge in [-0.1, -0.05) is 30.3 Å². The smallest absolute Gasteiger partial charge is 0.214 e. The molecule has 3 heteroatoms. The summed E-state index contributed by atoms with van der Waals surface area (Å²) in [6, 6.07) is 14.0. The highest BCUT2D eigenvalue weighted by atomic mass is 16.4. The molecule has 0 spiro atoms. The van der Waals surface area contributed by atoms with Gasteiger partial charge in [-0.3, -0.25) is 0 Å². The van der Waals surface area contributed by atoms with Gasteiger partial charge in [0.2, 0.25) is 5.88 Å². The van der Waals surface area contributed by atoms with Crippen LogP contribution >= 0.6 is 0 Å². The first-order chi connectivity index (χ1) is 8.88. The molecule has 1 aromatic carbocycles. The minimum absolute atomic E-state index is 0.635. The highest BCUT2D eigenvalue weighted by Gasteiger charge is 2.21. The molecule has 3 rings (SSSR count). The molecule has 0 N–H and O–H groups in total. The second-order valence-corrected chi connectivity index (χ2v) is 4.50. The summed E-state index contributed by atoms with van der Waals surface area (Å²) in [6.45, 7) is 1.97. The van der Waals surface area contributed by atoms with Crippen molar-refractivity contribution in [1.29, 1.82) is 5.26 Å². The second-order valence-electron chi connectivity index (χ2n) is 4.50. The van der Waals surface area contributed by atoms with Crippen LogP contribution in [0.1, 0.15) is 18.4 Å². The summed E-state index contributed by atoms with van der Waals surface area (Å²) in [7, 11) is 0. The van der Waals surface area contributed by atoms with Crippen LogP contribution in [-0.4, -0.2) is 13.1 Å². The maximum Gasteiger partial charge on any atom is 0.214 e. The third-order valence-corrected chi connectivity index (χ3v) is 3.28. The van der Waals surface area contributed by atoms with E-state index in [1.54, 1.807) is 0 Å². The van der Waals surface area contributed by atoms with Gasteiger partial charge in [0, 0.05) is 24.7 Å². The Labute approximate surface area is 106 Å². The van der Waals surface area contributed by atoms with Crippen molar-refractivity contribution in [2.75, 3.05) is 18.0 Å². The Morgan fingerprint density at radius 3 is 2.50 bits per heavy atom. The fourth-order valence-corrected chi connectivity index (χ4v) is 2.36. The number of nitriles is 1. The molecule has 2 heterocycles. The average Bonchev–Trinajstić information content (AvgIpc) is 3.08. The zero-order chi connectivity index (χ0) is 12.4. The largest absolute Gasteiger partial charge is 0.439 e. The van der Waals surface area contributed by atoms with Crippen LogP contribution < -0.4 is 4.90 Å². The Balaban J connectivity index is 2.01. The summed E-state index contributed by atoms with van der Waals surface area (Å²) >= 11 is 0. The van der Waals surface area contributed by atoms with Gasteiger partial charge in [0.1, 0.15) is 17.4 Å². The molecule has 90 valence electrons. The zero-order valence-corrected chi connectivity index (χ0v) is 10.1. The maximum atomic E-state index is 9.20. The first-order valence-corrected chi connectivity index (χ1v) is 6.23. The van der Waals surface area contributed by atoms with Gasteiger partial charge in [0.05, 0.1) is 0 Å². The van der Waals surface area contributed by atoms with Crippen molar-refractivity contribution >= 4 is 5.88 Å². The minimum atomic E-state index is 0.635. The minimum Gasteiger partial charge on any atom is -0.439 e. The van der Waals surface area contributed by atoms with Crippen LogP contribution in [0.3, 0.4) is 0 Å². The third-order valence-electron chi connectivity index (χ3n) is 3.28. The summed E-state index contributed by atoms with van der Waals surface area (Å²) < 4.78 is 5.88. The highest BCUT2D eigenvalue weighted by Crippen LogP contribution is 2.32. The SMILES string of the molecule is N#Cc1cc(-c2ccccc2)oc1N1CCCC1. The van der Waals surface area contributed by atoms with Gasteiger partial charge in [-0.2, -0.15) is 5.26 Å². The molecule has 0 saturated carbocycles. The van der Waals surface area contributed by atoms with Crippen LogP contribution in [0, 0.1) is 11.3 Å². The Morgan fingerprint density at radius 2 is 1.83 bits per heavy atom. The van der Waals surface area contributed by atoms with Crippen LogP contribution in [0.2, 0.25) is 0 Å². The molecule has 0 radical (unpaired) electrons. The van der Waals surface area contributed by atoms with Crippen molar-refractivity contribution < 1.29 is 4.42 Å². The molecule has 0 amide bonds. The van der Waals surface area contributed by atoms with Gasteiger partial charge in [-0.25, -0.2) is 0 Å². The lowest BCUT2D eigenvalue weighted by Crippen LogP contribution is -2.17. The quantitative estimate of drug-likeness (QED) is 0.804. The second kappa shape index (κ2) is 4.58. The third kappa shape index (κ3) is 1.86. The molecule has 18 heavy (non-hydrogen) atoms. The van der Waals surface area contributed by atoms with Crippen molar-refractivity contribution in [1.82, 2.24) is 0 Å². The van der Waals surface area contributed by atoms with E-state index in [4.69, 9.17) is 4.42 Å². The van der Waals surface area contributed by atoms with Crippen LogP contribution in [0.4, 0.5) is 5.88 Å². The predicted molar refractivity (Wildman–Crippen MR) is 70.3 cm³/mol. The summed E-state index contributed by atoms with van der Waals surface area (Å²) in [5.41, 5.74) is 1.65. The van der Waals surface area contributed by atoms with Gasteiger partial charge in [0.15, 0.2) is 0 Å².